The Morgan fingerprint density at radius 2 is 1.91 bits per heavy atom. The number of aryl methyl sites for hydroxylation is 2. The molecule has 5 nitrogen and oxygen atoms in total. The van der Waals surface area contributed by atoms with Gasteiger partial charge in [0.25, 0.3) is 5.91 Å². The summed E-state index contributed by atoms with van der Waals surface area (Å²) in [5.74, 6) is -0.201. The minimum atomic E-state index is -0.201. The van der Waals surface area contributed by atoms with Crippen molar-refractivity contribution in [1.82, 2.24) is 4.98 Å². The van der Waals surface area contributed by atoms with E-state index in [2.05, 4.69) is 15.6 Å². The van der Waals surface area contributed by atoms with Crippen LogP contribution in [-0.4, -0.2) is 31.2 Å². The zero-order valence-electron chi connectivity index (χ0n) is 13.8. The van der Waals surface area contributed by atoms with E-state index in [1.807, 2.05) is 38.1 Å². The highest BCUT2D eigenvalue weighted by atomic mass is 16.5. The van der Waals surface area contributed by atoms with Crippen molar-refractivity contribution in [2.45, 2.75) is 20.3 Å². The fraction of sp³-hybridized carbons (Fsp3) is 0.333. The first-order chi connectivity index (χ1) is 11.1. The Balaban J connectivity index is 1.97. The molecule has 0 unspecified atom stereocenters. The van der Waals surface area contributed by atoms with Gasteiger partial charge in [-0.05, 0) is 43.5 Å². The van der Waals surface area contributed by atoms with Gasteiger partial charge in [0.15, 0.2) is 0 Å². The molecule has 1 aromatic heterocycles. The summed E-state index contributed by atoms with van der Waals surface area (Å²) in [6, 6.07) is 9.51. The Hall–Kier alpha value is -2.40. The first-order valence-electron chi connectivity index (χ1n) is 7.68. The Kier molecular flexibility index (Phi) is 6.11. The van der Waals surface area contributed by atoms with Crippen LogP contribution in [0.4, 0.5) is 11.4 Å². The molecule has 2 aromatic rings. The van der Waals surface area contributed by atoms with E-state index in [0.717, 1.165) is 42.1 Å². The van der Waals surface area contributed by atoms with E-state index in [9.17, 15) is 4.79 Å². The van der Waals surface area contributed by atoms with E-state index in [4.69, 9.17) is 4.74 Å². The summed E-state index contributed by atoms with van der Waals surface area (Å²) in [5, 5.41) is 6.18. The number of para-hydroxylation sites is 1. The number of anilines is 2. The number of pyridine rings is 1. The van der Waals surface area contributed by atoms with Crippen LogP contribution in [0, 0.1) is 13.8 Å². The summed E-state index contributed by atoms with van der Waals surface area (Å²) in [4.78, 5) is 16.5. The summed E-state index contributed by atoms with van der Waals surface area (Å²) in [6.07, 6.45) is 2.59. The Bertz CT molecular complexity index is 634. The lowest BCUT2D eigenvalue weighted by molar-refractivity contribution is 0.102. The Labute approximate surface area is 137 Å². The van der Waals surface area contributed by atoms with Gasteiger partial charge in [-0.1, -0.05) is 18.2 Å². The molecular formula is C18H23N3O2. The maximum absolute atomic E-state index is 12.3. The predicted molar refractivity (Wildman–Crippen MR) is 93.1 cm³/mol. The van der Waals surface area contributed by atoms with E-state index in [1.165, 1.54) is 0 Å². The molecule has 0 saturated heterocycles. The van der Waals surface area contributed by atoms with Crippen LogP contribution in [0.2, 0.25) is 0 Å². The predicted octanol–water partition coefficient (Wildman–Crippen LogP) is 3.40. The lowest BCUT2D eigenvalue weighted by Crippen LogP contribution is -2.15. The fourth-order valence-corrected chi connectivity index (χ4v) is 2.27. The van der Waals surface area contributed by atoms with Crippen molar-refractivity contribution in [2.75, 3.05) is 30.9 Å². The van der Waals surface area contributed by atoms with Crippen LogP contribution >= 0.6 is 0 Å². The number of rotatable bonds is 7. The molecule has 23 heavy (non-hydrogen) atoms. The number of benzene rings is 1. The Morgan fingerprint density at radius 1 is 1.17 bits per heavy atom. The van der Waals surface area contributed by atoms with Crippen LogP contribution in [0.1, 0.15) is 28.0 Å². The number of hydrogen-bond donors (Lipinski definition) is 2. The standard InChI is InChI=1S/C18H23N3O2/c1-13-6-4-7-14(2)17(13)21-18(22)16-9-8-15(12-20-16)19-10-5-11-23-3/h4,6-9,12,19H,5,10-11H2,1-3H3,(H,21,22). The van der Waals surface area contributed by atoms with Crippen LogP contribution in [-0.2, 0) is 4.74 Å². The number of carbonyl (C=O) groups excluding carboxylic acids is 1. The SMILES string of the molecule is COCCCNc1ccc(C(=O)Nc2c(C)cccc2C)nc1. The fourth-order valence-electron chi connectivity index (χ4n) is 2.27. The minimum absolute atomic E-state index is 0.201. The molecule has 0 saturated carbocycles. The smallest absolute Gasteiger partial charge is 0.274 e. The van der Waals surface area contributed by atoms with Gasteiger partial charge < -0.3 is 15.4 Å². The van der Waals surface area contributed by atoms with Crippen molar-refractivity contribution < 1.29 is 9.53 Å². The van der Waals surface area contributed by atoms with Crippen molar-refractivity contribution in [3.05, 3.63) is 53.3 Å². The molecule has 0 atom stereocenters. The van der Waals surface area contributed by atoms with Crippen LogP contribution in [0.15, 0.2) is 36.5 Å². The van der Waals surface area contributed by atoms with E-state index in [0.29, 0.717) is 5.69 Å². The molecule has 1 heterocycles. The number of aromatic nitrogens is 1. The van der Waals surface area contributed by atoms with Crippen molar-refractivity contribution in [1.29, 1.82) is 0 Å². The molecular weight excluding hydrogens is 290 g/mol. The van der Waals surface area contributed by atoms with Gasteiger partial charge in [0.1, 0.15) is 5.69 Å². The Morgan fingerprint density at radius 3 is 2.52 bits per heavy atom. The average Bonchev–Trinajstić information content (AvgIpc) is 2.55. The zero-order chi connectivity index (χ0) is 16.7. The van der Waals surface area contributed by atoms with E-state index in [-0.39, 0.29) is 5.91 Å². The van der Waals surface area contributed by atoms with Crippen molar-refractivity contribution in [2.24, 2.45) is 0 Å². The van der Waals surface area contributed by atoms with Crippen molar-refractivity contribution in [3.8, 4) is 0 Å². The summed E-state index contributed by atoms with van der Waals surface area (Å²) in [6.45, 7) is 5.48. The van der Waals surface area contributed by atoms with Gasteiger partial charge >= 0.3 is 0 Å². The second-order valence-corrected chi connectivity index (χ2v) is 5.43. The largest absolute Gasteiger partial charge is 0.385 e. The topological polar surface area (TPSA) is 63.2 Å². The van der Waals surface area contributed by atoms with Gasteiger partial charge in [-0.3, -0.25) is 4.79 Å². The minimum Gasteiger partial charge on any atom is -0.385 e. The molecule has 122 valence electrons. The summed E-state index contributed by atoms with van der Waals surface area (Å²) in [7, 11) is 1.69. The highest BCUT2D eigenvalue weighted by Gasteiger charge is 2.10. The summed E-state index contributed by atoms with van der Waals surface area (Å²) in [5.41, 5.74) is 4.21. The summed E-state index contributed by atoms with van der Waals surface area (Å²) < 4.78 is 5.00. The number of methoxy groups -OCH3 is 1. The first kappa shape index (κ1) is 17.0. The number of nitrogens with zero attached hydrogens (tertiary/aromatic N) is 1. The van der Waals surface area contributed by atoms with Gasteiger partial charge in [0.05, 0.1) is 11.9 Å². The number of ether oxygens (including phenoxy) is 1. The third-order valence-electron chi connectivity index (χ3n) is 3.57. The molecule has 0 fully saturated rings. The van der Waals surface area contributed by atoms with Gasteiger partial charge in [-0.15, -0.1) is 0 Å². The van der Waals surface area contributed by atoms with E-state index in [1.54, 1.807) is 19.4 Å². The number of carbonyl (C=O) groups is 1. The molecule has 2 rings (SSSR count). The normalized spacial score (nSPS) is 10.4. The molecule has 0 radical (unpaired) electrons. The van der Waals surface area contributed by atoms with Crippen LogP contribution < -0.4 is 10.6 Å². The maximum atomic E-state index is 12.3. The van der Waals surface area contributed by atoms with Crippen LogP contribution in [0.3, 0.4) is 0 Å². The second-order valence-electron chi connectivity index (χ2n) is 5.43. The molecule has 1 aromatic carbocycles. The van der Waals surface area contributed by atoms with Gasteiger partial charge in [-0.2, -0.15) is 0 Å². The van der Waals surface area contributed by atoms with Crippen LogP contribution in [0.5, 0.6) is 0 Å². The molecule has 0 aliphatic heterocycles. The van der Waals surface area contributed by atoms with Gasteiger partial charge in [-0.25, -0.2) is 4.98 Å². The second kappa shape index (κ2) is 8.29. The lowest BCUT2D eigenvalue weighted by atomic mass is 10.1. The van der Waals surface area contributed by atoms with E-state index >= 15 is 0 Å². The average molecular weight is 313 g/mol. The molecule has 1 amide bonds. The maximum Gasteiger partial charge on any atom is 0.274 e. The highest BCUT2D eigenvalue weighted by molar-refractivity contribution is 6.03. The zero-order valence-corrected chi connectivity index (χ0v) is 13.8. The molecule has 2 N–H and O–H groups in total. The third kappa shape index (κ3) is 4.79. The molecule has 0 bridgehead atoms. The molecule has 0 aliphatic carbocycles. The summed E-state index contributed by atoms with van der Waals surface area (Å²) >= 11 is 0. The van der Waals surface area contributed by atoms with Crippen molar-refractivity contribution >= 4 is 17.3 Å². The number of hydrogen-bond acceptors (Lipinski definition) is 4. The van der Waals surface area contributed by atoms with E-state index < -0.39 is 0 Å². The van der Waals surface area contributed by atoms with Gasteiger partial charge in [0, 0.05) is 25.9 Å². The molecule has 0 aliphatic rings. The van der Waals surface area contributed by atoms with Crippen LogP contribution in [0.25, 0.3) is 0 Å². The molecule has 0 spiro atoms. The third-order valence-corrected chi connectivity index (χ3v) is 3.57. The highest BCUT2D eigenvalue weighted by Crippen LogP contribution is 2.20. The van der Waals surface area contributed by atoms with Crippen molar-refractivity contribution in [3.63, 3.8) is 0 Å². The lowest BCUT2D eigenvalue weighted by Gasteiger charge is -2.11. The number of amides is 1. The quantitative estimate of drug-likeness (QED) is 0.769. The monoisotopic (exact) mass is 313 g/mol. The number of nitrogens with one attached hydrogen (secondary N) is 2. The molecule has 5 heteroatoms. The first-order valence-corrected chi connectivity index (χ1v) is 7.68. The van der Waals surface area contributed by atoms with Gasteiger partial charge in [0.2, 0.25) is 0 Å².